The van der Waals surface area contributed by atoms with Crippen LogP contribution in [0.2, 0.25) is 0 Å². The predicted molar refractivity (Wildman–Crippen MR) is 57.7 cm³/mol. The van der Waals surface area contributed by atoms with E-state index in [1.54, 1.807) is 0 Å². The van der Waals surface area contributed by atoms with Gasteiger partial charge in [-0.05, 0) is 18.8 Å². The van der Waals surface area contributed by atoms with Gasteiger partial charge in [-0.25, -0.2) is 0 Å². The van der Waals surface area contributed by atoms with Crippen molar-refractivity contribution >= 4 is 13.0 Å². The number of hydrogen-bond donors (Lipinski definition) is 3. The van der Waals surface area contributed by atoms with Gasteiger partial charge in [-0.15, -0.1) is 0 Å². The van der Waals surface area contributed by atoms with Gasteiger partial charge in [-0.1, -0.05) is 13.8 Å². The van der Waals surface area contributed by atoms with Crippen molar-refractivity contribution in [3.63, 3.8) is 0 Å². The van der Waals surface area contributed by atoms with Crippen molar-refractivity contribution in [2.24, 2.45) is 11.7 Å². The number of carbonyl (C=O) groups excluding carboxylic acids is 1. The van der Waals surface area contributed by atoms with E-state index in [1.807, 2.05) is 13.8 Å². The van der Waals surface area contributed by atoms with E-state index >= 15 is 0 Å². The first kappa shape index (κ1) is 12.5. The molecular formula is C9H19BN2O3. The summed E-state index contributed by atoms with van der Waals surface area (Å²) >= 11 is 0. The summed E-state index contributed by atoms with van der Waals surface area (Å²) in [5.74, 6) is -0.600. The van der Waals surface area contributed by atoms with E-state index in [4.69, 9.17) is 15.8 Å². The number of hydrogen-bond acceptors (Lipinski definition) is 4. The number of nitrogens with zero attached hydrogens (tertiary/aromatic N) is 1. The summed E-state index contributed by atoms with van der Waals surface area (Å²) in [7, 11) is -1.46. The quantitative estimate of drug-likeness (QED) is 0.524. The van der Waals surface area contributed by atoms with Crippen LogP contribution in [0, 0.1) is 5.92 Å². The van der Waals surface area contributed by atoms with E-state index in [0.717, 1.165) is 6.42 Å². The van der Waals surface area contributed by atoms with Crippen molar-refractivity contribution in [2.75, 3.05) is 6.54 Å². The lowest BCUT2D eigenvalue weighted by molar-refractivity contribution is -0.133. The van der Waals surface area contributed by atoms with Gasteiger partial charge in [-0.2, -0.15) is 0 Å². The van der Waals surface area contributed by atoms with E-state index in [0.29, 0.717) is 13.0 Å². The molecule has 15 heavy (non-hydrogen) atoms. The summed E-state index contributed by atoms with van der Waals surface area (Å²) in [6.45, 7) is 4.33. The van der Waals surface area contributed by atoms with Gasteiger partial charge < -0.3 is 20.7 Å². The molecule has 1 rings (SSSR count). The monoisotopic (exact) mass is 214 g/mol. The molecule has 0 aliphatic carbocycles. The number of nitrogens with two attached hydrogens (primary N) is 1. The summed E-state index contributed by atoms with van der Waals surface area (Å²) < 4.78 is 0. The van der Waals surface area contributed by atoms with Gasteiger partial charge in [-0.3, -0.25) is 4.79 Å². The van der Waals surface area contributed by atoms with Crippen LogP contribution in [0.15, 0.2) is 0 Å². The topological polar surface area (TPSA) is 86.8 Å². The first-order valence-corrected chi connectivity index (χ1v) is 5.37. The van der Waals surface area contributed by atoms with Crippen LogP contribution in [0.3, 0.4) is 0 Å². The Bertz CT molecular complexity index is 235. The van der Waals surface area contributed by atoms with Crippen molar-refractivity contribution in [3.05, 3.63) is 0 Å². The molecule has 0 aromatic rings. The largest absolute Gasteiger partial charge is 0.475 e. The highest BCUT2D eigenvalue weighted by Crippen LogP contribution is 2.19. The first-order valence-electron chi connectivity index (χ1n) is 5.37. The molecule has 1 heterocycles. The standard InChI is InChI=1S/C9H19BN2O3/c1-6(2)8(11)9(13)12-5-3-4-7(12)10(14)15/h6-8,14-15H,3-5,11H2,1-2H3/t7-,8?/m0/s1. The van der Waals surface area contributed by atoms with Gasteiger partial charge in [0.1, 0.15) is 0 Å². The van der Waals surface area contributed by atoms with Gasteiger partial charge in [0.2, 0.25) is 5.91 Å². The van der Waals surface area contributed by atoms with E-state index in [9.17, 15) is 4.79 Å². The Morgan fingerprint density at radius 1 is 1.53 bits per heavy atom. The highest BCUT2D eigenvalue weighted by molar-refractivity contribution is 6.43. The second-order valence-corrected chi connectivity index (χ2v) is 4.42. The molecule has 5 nitrogen and oxygen atoms in total. The van der Waals surface area contributed by atoms with E-state index in [1.165, 1.54) is 4.90 Å². The molecule has 1 unspecified atom stereocenters. The van der Waals surface area contributed by atoms with Crippen molar-refractivity contribution < 1.29 is 14.8 Å². The fraction of sp³-hybridized carbons (Fsp3) is 0.889. The van der Waals surface area contributed by atoms with Gasteiger partial charge in [0.15, 0.2) is 0 Å². The minimum absolute atomic E-state index is 0.0644. The van der Waals surface area contributed by atoms with Gasteiger partial charge >= 0.3 is 7.12 Å². The Hall–Kier alpha value is -0.585. The van der Waals surface area contributed by atoms with Crippen molar-refractivity contribution in [1.29, 1.82) is 0 Å². The minimum atomic E-state index is -1.46. The number of likely N-dealkylation sites (tertiary alicyclic amines) is 1. The van der Waals surface area contributed by atoms with Crippen molar-refractivity contribution in [3.8, 4) is 0 Å². The lowest BCUT2D eigenvalue weighted by Gasteiger charge is -2.28. The minimum Gasteiger partial charge on any atom is -0.426 e. The molecule has 1 aliphatic rings. The van der Waals surface area contributed by atoms with Crippen LogP contribution in [0.25, 0.3) is 0 Å². The number of rotatable bonds is 3. The van der Waals surface area contributed by atoms with Crippen LogP contribution >= 0.6 is 0 Å². The normalized spacial score (nSPS) is 23.3. The number of amides is 1. The maximum atomic E-state index is 11.9. The number of carbonyl (C=O) groups is 1. The molecule has 1 amide bonds. The predicted octanol–water partition coefficient (Wildman–Crippen LogP) is -1.03. The third kappa shape index (κ3) is 2.71. The van der Waals surface area contributed by atoms with Gasteiger partial charge in [0.05, 0.1) is 12.0 Å². The molecule has 0 spiro atoms. The third-order valence-electron chi connectivity index (χ3n) is 2.93. The van der Waals surface area contributed by atoms with Crippen LogP contribution in [-0.2, 0) is 4.79 Å². The Labute approximate surface area is 90.4 Å². The fourth-order valence-corrected chi connectivity index (χ4v) is 1.85. The molecule has 4 N–H and O–H groups in total. The second kappa shape index (κ2) is 4.96. The summed E-state index contributed by atoms with van der Waals surface area (Å²) in [6.07, 6.45) is 1.44. The molecule has 1 aliphatic heterocycles. The molecule has 0 saturated carbocycles. The van der Waals surface area contributed by atoms with Crippen LogP contribution in [-0.4, -0.2) is 46.5 Å². The second-order valence-electron chi connectivity index (χ2n) is 4.42. The summed E-state index contributed by atoms with van der Waals surface area (Å²) in [5, 5.41) is 18.2. The summed E-state index contributed by atoms with van der Waals surface area (Å²) in [5.41, 5.74) is 5.75. The van der Waals surface area contributed by atoms with E-state index < -0.39 is 19.1 Å². The average molecular weight is 214 g/mol. The SMILES string of the molecule is CC(C)C(N)C(=O)N1CCC[C@H]1B(O)O. The first-order chi connectivity index (χ1) is 6.95. The van der Waals surface area contributed by atoms with Crippen LogP contribution in [0.1, 0.15) is 26.7 Å². The third-order valence-corrected chi connectivity index (χ3v) is 2.93. The maximum Gasteiger partial charge on any atom is 0.475 e. The highest BCUT2D eigenvalue weighted by Gasteiger charge is 2.38. The van der Waals surface area contributed by atoms with Gasteiger partial charge in [0, 0.05) is 6.54 Å². The molecule has 0 aromatic heterocycles. The lowest BCUT2D eigenvalue weighted by Crippen LogP contribution is -2.52. The van der Waals surface area contributed by atoms with E-state index in [2.05, 4.69) is 0 Å². The Morgan fingerprint density at radius 2 is 2.13 bits per heavy atom. The molecule has 2 atom stereocenters. The zero-order valence-electron chi connectivity index (χ0n) is 9.26. The smallest absolute Gasteiger partial charge is 0.426 e. The van der Waals surface area contributed by atoms with Crippen molar-refractivity contribution in [2.45, 2.75) is 38.7 Å². The molecule has 0 radical (unpaired) electrons. The Morgan fingerprint density at radius 3 is 2.60 bits per heavy atom. The van der Waals surface area contributed by atoms with Crippen LogP contribution in [0.4, 0.5) is 0 Å². The Kier molecular flexibility index (Phi) is 4.13. The average Bonchev–Trinajstić information content (AvgIpc) is 2.63. The van der Waals surface area contributed by atoms with Crippen molar-refractivity contribution in [1.82, 2.24) is 4.90 Å². The molecule has 6 heteroatoms. The molecule has 0 aromatic carbocycles. The molecular weight excluding hydrogens is 195 g/mol. The fourth-order valence-electron chi connectivity index (χ4n) is 1.85. The molecule has 0 bridgehead atoms. The van der Waals surface area contributed by atoms with E-state index in [-0.39, 0.29) is 11.8 Å². The summed E-state index contributed by atoms with van der Waals surface area (Å²) in [6, 6.07) is -0.552. The summed E-state index contributed by atoms with van der Waals surface area (Å²) in [4.78, 5) is 13.4. The maximum absolute atomic E-state index is 11.9. The Balaban J connectivity index is 2.66. The van der Waals surface area contributed by atoms with Crippen LogP contribution < -0.4 is 5.73 Å². The zero-order chi connectivity index (χ0) is 11.6. The van der Waals surface area contributed by atoms with Crippen LogP contribution in [0.5, 0.6) is 0 Å². The van der Waals surface area contributed by atoms with Gasteiger partial charge in [0.25, 0.3) is 0 Å². The zero-order valence-corrected chi connectivity index (χ0v) is 9.26. The molecule has 86 valence electrons. The lowest BCUT2D eigenvalue weighted by atomic mass is 9.77. The molecule has 1 fully saturated rings. The molecule has 1 saturated heterocycles. The highest BCUT2D eigenvalue weighted by atomic mass is 16.4.